The Morgan fingerprint density at radius 3 is 2.68 bits per heavy atom. The van der Waals surface area contributed by atoms with Gasteiger partial charge in [-0.2, -0.15) is 5.10 Å². The first-order chi connectivity index (χ1) is 12.0. The van der Waals surface area contributed by atoms with E-state index in [0.29, 0.717) is 17.7 Å². The van der Waals surface area contributed by atoms with Crippen molar-refractivity contribution in [1.29, 1.82) is 0 Å². The molecule has 0 spiro atoms. The molecule has 25 heavy (non-hydrogen) atoms. The van der Waals surface area contributed by atoms with Crippen LogP contribution in [0.25, 0.3) is 5.69 Å². The molecule has 0 bridgehead atoms. The number of carbonyl (C=O) groups is 1. The molecule has 6 heteroatoms. The van der Waals surface area contributed by atoms with Gasteiger partial charge in [0.2, 0.25) is 0 Å². The van der Waals surface area contributed by atoms with E-state index in [0.717, 1.165) is 5.69 Å². The number of likely N-dealkylation sites (N-methyl/N-ethyl adjacent to an activating group) is 1. The van der Waals surface area contributed by atoms with Crippen molar-refractivity contribution in [3.8, 4) is 5.69 Å². The van der Waals surface area contributed by atoms with E-state index in [1.54, 1.807) is 41.2 Å². The summed E-state index contributed by atoms with van der Waals surface area (Å²) in [5, 5.41) is 4.20. The van der Waals surface area contributed by atoms with Gasteiger partial charge in [0.1, 0.15) is 5.82 Å². The van der Waals surface area contributed by atoms with E-state index in [-0.39, 0.29) is 17.8 Å². The molecule has 5 nitrogen and oxygen atoms in total. The van der Waals surface area contributed by atoms with Crippen LogP contribution in [0.2, 0.25) is 0 Å². The summed E-state index contributed by atoms with van der Waals surface area (Å²) in [6.07, 6.45) is 5.60. The SMILES string of the molecule is CC(Cc1ccccn1)N(C)C(=O)c1cnn(-c2ccc(F)cc2)c1. The lowest BCUT2D eigenvalue weighted by Gasteiger charge is -2.24. The molecule has 128 valence electrons. The Morgan fingerprint density at radius 2 is 2.00 bits per heavy atom. The summed E-state index contributed by atoms with van der Waals surface area (Å²) in [5.41, 5.74) is 2.13. The van der Waals surface area contributed by atoms with Crippen molar-refractivity contribution in [2.45, 2.75) is 19.4 Å². The lowest BCUT2D eigenvalue weighted by Crippen LogP contribution is -2.36. The van der Waals surface area contributed by atoms with E-state index in [1.807, 2.05) is 25.1 Å². The van der Waals surface area contributed by atoms with Gasteiger partial charge in [-0.15, -0.1) is 0 Å². The van der Waals surface area contributed by atoms with Gasteiger partial charge in [-0.3, -0.25) is 9.78 Å². The molecule has 1 aromatic carbocycles. The topological polar surface area (TPSA) is 51.0 Å². The van der Waals surface area contributed by atoms with Crippen LogP contribution >= 0.6 is 0 Å². The smallest absolute Gasteiger partial charge is 0.257 e. The number of benzene rings is 1. The molecule has 0 saturated heterocycles. The largest absolute Gasteiger partial charge is 0.339 e. The molecule has 0 radical (unpaired) electrons. The van der Waals surface area contributed by atoms with Crippen LogP contribution < -0.4 is 0 Å². The summed E-state index contributed by atoms with van der Waals surface area (Å²) in [5.74, 6) is -0.424. The van der Waals surface area contributed by atoms with Crippen LogP contribution in [0.5, 0.6) is 0 Å². The van der Waals surface area contributed by atoms with Crippen LogP contribution in [0.1, 0.15) is 23.0 Å². The molecule has 0 aliphatic rings. The van der Waals surface area contributed by atoms with Crippen molar-refractivity contribution < 1.29 is 9.18 Å². The Kier molecular flexibility index (Phi) is 4.88. The standard InChI is InChI=1S/C19H19FN4O/c1-14(11-17-5-3-4-10-21-17)23(2)19(25)15-12-22-24(13-15)18-8-6-16(20)7-9-18/h3-10,12-14H,11H2,1-2H3. The molecule has 0 aliphatic heterocycles. The Balaban J connectivity index is 1.71. The molecule has 2 heterocycles. The van der Waals surface area contributed by atoms with Crippen LogP contribution in [0, 0.1) is 5.82 Å². The van der Waals surface area contributed by atoms with Crippen LogP contribution in [0.3, 0.4) is 0 Å². The Morgan fingerprint density at radius 1 is 1.24 bits per heavy atom. The molecule has 2 aromatic heterocycles. The summed E-state index contributed by atoms with van der Waals surface area (Å²) in [6.45, 7) is 1.98. The molecule has 0 aliphatic carbocycles. The lowest BCUT2D eigenvalue weighted by atomic mass is 10.1. The van der Waals surface area contributed by atoms with Gasteiger partial charge >= 0.3 is 0 Å². The molecule has 0 saturated carbocycles. The van der Waals surface area contributed by atoms with Gasteiger partial charge < -0.3 is 4.90 Å². The maximum absolute atomic E-state index is 13.0. The van der Waals surface area contributed by atoms with Crippen molar-refractivity contribution in [3.05, 3.63) is 78.1 Å². The van der Waals surface area contributed by atoms with Gasteiger partial charge in [-0.1, -0.05) is 6.07 Å². The van der Waals surface area contributed by atoms with Crippen molar-refractivity contribution in [2.75, 3.05) is 7.05 Å². The lowest BCUT2D eigenvalue weighted by molar-refractivity contribution is 0.0743. The molecule has 3 rings (SSSR count). The number of rotatable bonds is 5. The average Bonchev–Trinajstić information content (AvgIpc) is 3.12. The fourth-order valence-corrected chi connectivity index (χ4v) is 2.53. The molecule has 1 unspecified atom stereocenters. The van der Waals surface area contributed by atoms with Gasteiger partial charge in [0, 0.05) is 37.6 Å². The molecule has 3 aromatic rings. The number of pyridine rings is 1. The molecule has 1 amide bonds. The number of aromatic nitrogens is 3. The predicted octanol–water partition coefficient (Wildman–Crippen LogP) is 3.11. The third-order valence-electron chi connectivity index (χ3n) is 4.13. The third kappa shape index (κ3) is 3.91. The first-order valence-corrected chi connectivity index (χ1v) is 8.02. The van der Waals surface area contributed by atoms with Crippen molar-refractivity contribution >= 4 is 5.91 Å². The highest BCUT2D eigenvalue weighted by atomic mass is 19.1. The third-order valence-corrected chi connectivity index (χ3v) is 4.13. The van der Waals surface area contributed by atoms with Gasteiger partial charge in [0.05, 0.1) is 17.4 Å². The minimum Gasteiger partial charge on any atom is -0.339 e. The maximum atomic E-state index is 13.0. The van der Waals surface area contributed by atoms with Crippen molar-refractivity contribution in [1.82, 2.24) is 19.7 Å². The van der Waals surface area contributed by atoms with Crippen LogP contribution in [-0.4, -0.2) is 38.7 Å². The van der Waals surface area contributed by atoms with Gasteiger partial charge in [0.25, 0.3) is 5.91 Å². The second-order valence-electron chi connectivity index (χ2n) is 5.94. The van der Waals surface area contributed by atoms with E-state index in [9.17, 15) is 9.18 Å². The van der Waals surface area contributed by atoms with E-state index in [1.165, 1.54) is 18.3 Å². The number of carbonyl (C=O) groups excluding carboxylic acids is 1. The van der Waals surface area contributed by atoms with E-state index < -0.39 is 0 Å². The summed E-state index contributed by atoms with van der Waals surface area (Å²) in [7, 11) is 1.77. The minimum absolute atomic E-state index is 0.00317. The van der Waals surface area contributed by atoms with E-state index in [4.69, 9.17) is 0 Å². The average molecular weight is 338 g/mol. The van der Waals surface area contributed by atoms with E-state index >= 15 is 0 Å². The normalized spacial score (nSPS) is 12.0. The maximum Gasteiger partial charge on any atom is 0.257 e. The first-order valence-electron chi connectivity index (χ1n) is 8.02. The number of hydrogen-bond donors (Lipinski definition) is 0. The molecule has 0 fully saturated rings. The van der Waals surface area contributed by atoms with Crippen molar-refractivity contribution in [2.24, 2.45) is 0 Å². The number of nitrogens with zero attached hydrogens (tertiary/aromatic N) is 4. The summed E-state index contributed by atoms with van der Waals surface area (Å²) < 4.78 is 14.6. The fourth-order valence-electron chi connectivity index (χ4n) is 2.53. The molecule has 1 atom stereocenters. The monoisotopic (exact) mass is 338 g/mol. The predicted molar refractivity (Wildman–Crippen MR) is 93.0 cm³/mol. The second-order valence-corrected chi connectivity index (χ2v) is 5.94. The zero-order valence-corrected chi connectivity index (χ0v) is 14.1. The van der Waals surface area contributed by atoms with Crippen LogP contribution in [0.4, 0.5) is 4.39 Å². The highest BCUT2D eigenvalue weighted by Crippen LogP contribution is 2.13. The molecular formula is C19H19FN4O. The van der Waals surface area contributed by atoms with Gasteiger partial charge in [0.15, 0.2) is 0 Å². The minimum atomic E-state index is -0.310. The van der Waals surface area contributed by atoms with Crippen LogP contribution in [0.15, 0.2) is 61.1 Å². The summed E-state index contributed by atoms with van der Waals surface area (Å²) in [6, 6.07) is 11.7. The quantitative estimate of drug-likeness (QED) is 0.718. The fraction of sp³-hybridized carbons (Fsp3) is 0.211. The highest BCUT2D eigenvalue weighted by molar-refractivity contribution is 5.93. The Labute approximate surface area is 145 Å². The van der Waals surface area contributed by atoms with Crippen molar-refractivity contribution in [3.63, 3.8) is 0 Å². The summed E-state index contributed by atoms with van der Waals surface area (Å²) in [4.78, 5) is 18.6. The Bertz CT molecular complexity index is 845. The van der Waals surface area contributed by atoms with Crippen LogP contribution in [-0.2, 0) is 6.42 Å². The number of amides is 1. The number of halogens is 1. The van der Waals surface area contributed by atoms with Gasteiger partial charge in [-0.25, -0.2) is 9.07 Å². The molecule has 0 N–H and O–H groups in total. The van der Waals surface area contributed by atoms with Gasteiger partial charge in [-0.05, 0) is 43.3 Å². The molecular weight excluding hydrogens is 319 g/mol. The first kappa shape index (κ1) is 16.8. The van der Waals surface area contributed by atoms with E-state index in [2.05, 4.69) is 10.1 Å². The number of hydrogen-bond acceptors (Lipinski definition) is 3. The second kappa shape index (κ2) is 7.25. The Hall–Kier alpha value is -3.02. The zero-order valence-electron chi connectivity index (χ0n) is 14.1. The highest BCUT2D eigenvalue weighted by Gasteiger charge is 2.19. The summed E-state index contributed by atoms with van der Waals surface area (Å²) >= 11 is 0. The zero-order chi connectivity index (χ0) is 17.8.